The van der Waals surface area contributed by atoms with Crippen LogP contribution in [0.3, 0.4) is 0 Å². The van der Waals surface area contributed by atoms with Crippen LogP contribution in [-0.4, -0.2) is 23.5 Å². The molecular formula is C15H19NO3. The molecule has 0 saturated carbocycles. The highest BCUT2D eigenvalue weighted by atomic mass is 16.4. The molecule has 1 aromatic carbocycles. The fourth-order valence-corrected chi connectivity index (χ4v) is 2.26. The van der Waals surface area contributed by atoms with Gasteiger partial charge in [0.25, 0.3) is 0 Å². The number of piperidine rings is 1. The normalized spacial score (nSPS) is 16.5. The van der Waals surface area contributed by atoms with Crippen molar-refractivity contribution in [1.82, 2.24) is 0 Å². The first kappa shape index (κ1) is 13.6. The molecule has 0 atom stereocenters. The predicted molar refractivity (Wildman–Crippen MR) is 73.3 cm³/mol. The first-order chi connectivity index (χ1) is 8.93. The number of aliphatic carboxylic acids is 1. The zero-order valence-electron chi connectivity index (χ0n) is 11.3. The molecule has 0 unspecified atom stereocenters. The minimum atomic E-state index is -0.912. The van der Waals surface area contributed by atoms with Gasteiger partial charge in [0, 0.05) is 18.7 Å². The maximum absolute atomic E-state index is 11.8. The number of hydrogen-bond donors (Lipinski definition) is 1. The van der Waals surface area contributed by atoms with Gasteiger partial charge in [-0.15, -0.1) is 0 Å². The number of carboxylic acid groups (broad SMARTS) is 1. The molecule has 1 heterocycles. The van der Waals surface area contributed by atoms with Crippen molar-refractivity contribution in [2.75, 3.05) is 11.4 Å². The number of hydrogen-bond acceptors (Lipinski definition) is 2. The van der Waals surface area contributed by atoms with E-state index in [1.807, 2.05) is 12.1 Å². The zero-order valence-corrected chi connectivity index (χ0v) is 11.3. The molecule has 0 aliphatic carbocycles. The lowest BCUT2D eigenvalue weighted by atomic mass is 9.85. The Balaban J connectivity index is 2.23. The molecule has 0 aromatic heterocycles. The van der Waals surface area contributed by atoms with Crippen LogP contribution < -0.4 is 4.90 Å². The van der Waals surface area contributed by atoms with Gasteiger partial charge in [0.05, 0.1) is 5.41 Å². The van der Waals surface area contributed by atoms with Crippen LogP contribution in [0.15, 0.2) is 24.3 Å². The molecule has 1 saturated heterocycles. The summed E-state index contributed by atoms with van der Waals surface area (Å²) in [5.41, 5.74) is 0.688. The van der Waals surface area contributed by atoms with E-state index in [2.05, 4.69) is 0 Å². The van der Waals surface area contributed by atoms with Crippen molar-refractivity contribution >= 4 is 17.6 Å². The topological polar surface area (TPSA) is 57.6 Å². The average molecular weight is 261 g/mol. The Morgan fingerprint density at radius 1 is 1.21 bits per heavy atom. The van der Waals surface area contributed by atoms with Crippen LogP contribution in [0, 0.1) is 0 Å². The summed E-state index contributed by atoms with van der Waals surface area (Å²) in [6.45, 7) is 4.10. The number of benzene rings is 1. The Kier molecular flexibility index (Phi) is 3.60. The second kappa shape index (κ2) is 5.03. The van der Waals surface area contributed by atoms with Crippen LogP contribution in [0.25, 0.3) is 0 Å². The van der Waals surface area contributed by atoms with E-state index in [1.165, 1.54) is 0 Å². The Bertz CT molecular complexity index is 491. The van der Waals surface area contributed by atoms with Crippen molar-refractivity contribution in [1.29, 1.82) is 0 Å². The molecule has 19 heavy (non-hydrogen) atoms. The number of carbonyl (C=O) groups excluding carboxylic acids is 1. The van der Waals surface area contributed by atoms with Crippen molar-refractivity contribution in [3.63, 3.8) is 0 Å². The smallest absolute Gasteiger partial charge is 0.313 e. The highest BCUT2D eigenvalue weighted by Crippen LogP contribution is 2.27. The lowest BCUT2D eigenvalue weighted by Crippen LogP contribution is -2.35. The molecule has 1 aromatic rings. The van der Waals surface area contributed by atoms with Crippen LogP contribution >= 0.6 is 0 Å². The van der Waals surface area contributed by atoms with Crippen molar-refractivity contribution in [3.8, 4) is 0 Å². The third-order valence-electron chi connectivity index (χ3n) is 3.76. The second-order valence-corrected chi connectivity index (χ2v) is 5.48. The van der Waals surface area contributed by atoms with E-state index in [9.17, 15) is 14.7 Å². The van der Waals surface area contributed by atoms with Gasteiger partial charge >= 0.3 is 5.97 Å². The lowest BCUT2D eigenvalue weighted by Gasteiger charge is -2.27. The second-order valence-electron chi connectivity index (χ2n) is 5.48. The van der Waals surface area contributed by atoms with Crippen molar-refractivity contribution < 1.29 is 14.7 Å². The third kappa shape index (κ3) is 2.62. The SMILES string of the molecule is CC(C)(C(=O)O)c1ccc(N2CCCCC2=O)cc1. The Morgan fingerprint density at radius 3 is 2.37 bits per heavy atom. The van der Waals surface area contributed by atoms with Gasteiger partial charge in [0.15, 0.2) is 0 Å². The quantitative estimate of drug-likeness (QED) is 0.909. The Hall–Kier alpha value is -1.84. The van der Waals surface area contributed by atoms with E-state index in [-0.39, 0.29) is 5.91 Å². The number of carboxylic acids is 1. The maximum atomic E-state index is 11.8. The van der Waals surface area contributed by atoms with Gasteiger partial charge in [-0.2, -0.15) is 0 Å². The Morgan fingerprint density at radius 2 is 1.84 bits per heavy atom. The fraction of sp³-hybridized carbons (Fsp3) is 0.467. The van der Waals surface area contributed by atoms with E-state index in [0.29, 0.717) is 6.42 Å². The lowest BCUT2D eigenvalue weighted by molar-refractivity contribution is -0.142. The van der Waals surface area contributed by atoms with Gasteiger partial charge in [0.1, 0.15) is 0 Å². The molecule has 2 rings (SSSR count). The molecule has 0 bridgehead atoms. The van der Waals surface area contributed by atoms with Crippen molar-refractivity contribution in [2.24, 2.45) is 0 Å². The zero-order chi connectivity index (χ0) is 14.0. The largest absolute Gasteiger partial charge is 0.481 e. The summed E-state index contributed by atoms with van der Waals surface area (Å²) in [7, 11) is 0. The highest BCUT2D eigenvalue weighted by molar-refractivity contribution is 5.94. The third-order valence-corrected chi connectivity index (χ3v) is 3.76. The molecule has 102 valence electrons. The van der Waals surface area contributed by atoms with Gasteiger partial charge in [-0.3, -0.25) is 9.59 Å². The van der Waals surface area contributed by atoms with Crippen LogP contribution in [0.2, 0.25) is 0 Å². The molecule has 1 fully saturated rings. The summed E-state index contributed by atoms with van der Waals surface area (Å²) in [4.78, 5) is 24.8. The van der Waals surface area contributed by atoms with Crippen LogP contribution in [0.5, 0.6) is 0 Å². The molecular weight excluding hydrogens is 242 g/mol. The molecule has 1 amide bonds. The van der Waals surface area contributed by atoms with E-state index in [1.54, 1.807) is 30.9 Å². The van der Waals surface area contributed by atoms with E-state index >= 15 is 0 Å². The van der Waals surface area contributed by atoms with Gasteiger partial charge in [0.2, 0.25) is 5.91 Å². The molecule has 0 radical (unpaired) electrons. The monoisotopic (exact) mass is 261 g/mol. The number of carbonyl (C=O) groups is 2. The Labute approximate surface area is 113 Å². The molecule has 1 N–H and O–H groups in total. The summed E-state index contributed by atoms with van der Waals surface area (Å²) in [5, 5.41) is 9.19. The van der Waals surface area contributed by atoms with Crippen LogP contribution in [0.1, 0.15) is 38.7 Å². The fourth-order valence-electron chi connectivity index (χ4n) is 2.26. The van der Waals surface area contributed by atoms with Crippen molar-refractivity contribution in [3.05, 3.63) is 29.8 Å². The average Bonchev–Trinajstić information content (AvgIpc) is 2.39. The van der Waals surface area contributed by atoms with Gasteiger partial charge in [-0.25, -0.2) is 0 Å². The first-order valence-corrected chi connectivity index (χ1v) is 6.57. The standard InChI is InChI=1S/C15H19NO3/c1-15(2,14(18)19)11-6-8-12(9-7-11)16-10-4-3-5-13(16)17/h6-9H,3-5,10H2,1-2H3,(H,18,19). The summed E-state index contributed by atoms with van der Waals surface area (Å²) < 4.78 is 0. The predicted octanol–water partition coefficient (Wildman–Crippen LogP) is 2.57. The van der Waals surface area contributed by atoms with Gasteiger partial charge in [-0.1, -0.05) is 12.1 Å². The van der Waals surface area contributed by atoms with Crippen LogP contribution in [0.4, 0.5) is 5.69 Å². The molecule has 4 heteroatoms. The molecule has 1 aliphatic rings. The van der Waals surface area contributed by atoms with E-state index < -0.39 is 11.4 Å². The number of anilines is 1. The summed E-state index contributed by atoms with van der Waals surface area (Å²) in [5.74, 6) is -0.703. The van der Waals surface area contributed by atoms with Crippen molar-refractivity contribution in [2.45, 2.75) is 38.5 Å². The number of amides is 1. The summed E-state index contributed by atoms with van der Waals surface area (Å²) >= 11 is 0. The maximum Gasteiger partial charge on any atom is 0.313 e. The summed E-state index contributed by atoms with van der Waals surface area (Å²) in [6.07, 6.45) is 2.58. The minimum absolute atomic E-state index is 0.150. The highest BCUT2D eigenvalue weighted by Gasteiger charge is 2.29. The minimum Gasteiger partial charge on any atom is -0.481 e. The van der Waals surface area contributed by atoms with Gasteiger partial charge in [-0.05, 0) is 44.4 Å². The number of nitrogens with zero attached hydrogens (tertiary/aromatic N) is 1. The molecule has 0 spiro atoms. The van der Waals surface area contributed by atoms with E-state index in [0.717, 1.165) is 30.6 Å². The molecule has 1 aliphatic heterocycles. The summed E-state index contributed by atoms with van der Waals surface area (Å²) in [6, 6.07) is 7.27. The van der Waals surface area contributed by atoms with E-state index in [4.69, 9.17) is 0 Å². The number of rotatable bonds is 3. The van der Waals surface area contributed by atoms with Gasteiger partial charge < -0.3 is 10.0 Å². The molecule has 4 nitrogen and oxygen atoms in total. The first-order valence-electron chi connectivity index (χ1n) is 6.57. The van der Waals surface area contributed by atoms with Crippen LogP contribution in [-0.2, 0) is 15.0 Å².